The first-order chi connectivity index (χ1) is 8.68. The fourth-order valence-corrected chi connectivity index (χ4v) is 2.59. The lowest BCUT2D eigenvalue weighted by Gasteiger charge is -2.34. The molecule has 1 aliphatic rings. The lowest BCUT2D eigenvalue weighted by molar-refractivity contribution is -0.126. The topological polar surface area (TPSA) is 75.4 Å². The molecule has 1 aromatic carbocycles. The Kier molecular flexibility index (Phi) is 3.87. The van der Waals surface area contributed by atoms with Gasteiger partial charge in [0.25, 0.3) is 0 Å². The summed E-state index contributed by atoms with van der Waals surface area (Å²) in [4.78, 5) is 12.4. The molecule has 18 heavy (non-hydrogen) atoms. The SMILES string of the molecule is NCC1(C(=O)Nc2ccccc2O)CCCCC1. The molecule has 1 aliphatic carbocycles. The zero-order valence-corrected chi connectivity index (χ0v) is 10.5. The van der Waals surface area contributed by atoms with Crippen LogP contribution in [0.3, 0.4) is 0 Å². The smallest absolute Gasteiger partial charge is 0.231 e. The van der Waals surface area contributed by atoms with E-state index in [1.807, 2.05) is 0 Å². The quantitative estimate of drug-likeness (QED) is 0.718. The summed E-state index contributed by atoms with van der Waals surface area (Å²) in [6, 6.07) is 6.77. The van der Waals surface area contributed by atoms with Crippen molar-refractivity contribution in [3.8, 4) is 5.75 Å². The minimum Gasteiger partial charge on any atom is -0.506 e. The third kappa shape index (κ3) is 2.48. The molecule has 0 saturated heterocycles. The Morgan fingerprint density at radius 3 is 2.56 bits per heavy atom. The van der Waals surface area contributed by atoms with Crippen molar-refractivity contribution in [2.45, 2.75) is 32.1 Å². The van der Waals surface area contributed by atoms with Crippen LogP contribution in [0, 0.1) is 5.41 Å². The number of phenolic OH excluding ortho intramolecular Hbond substituents is 1. The van der Waals surface area contributed by atoms with Crippen LogP contribution in [0.4, 0.5) is 5.69 Å². The molecule has 98 valence electrons. The Morgan fingerprint density at radius 1 is 1.28 bits per heavy atom. The summed E-state index contributed by atoms with van der Waals surface area (Å²) in [7, 11) is 0. The van der Waals surface area contributed by atoms with Crippen molar-refractivity contribution in [2.24, 2.45) is 11.1 Å². The molecule has 0 heterocycles. The van der Waals surface area contributed by atoms with Crippen LogP contribution >= 0.6 is 0 Å². The van der Waals surface area contributed by atoms with Gasteiger partial charge in [0.05, 0.1) is 11.1 Å². The van der Waals surface area contributed by atoms with Crippen molar-refractivity contribution in [1.82, 2.24) is 0 Å². The van der Waals surface area contributed by atoms with Gasteiger partial charge in [0.2, 0.25) is 5.91 Å². The van der Waals surface area contributed by atoms with Crippen LogP contribution in [0.5, 0.6) is 5.75 Å². The Hall–Kier alpha value is -1.55. The van der Waals surface area contributed by atoms with Crippen molar-refractivity contribution >= 4 is 11.6 Å². The molecular weight excluding hydrogens is 228 g/mol. The second-order valence-electron chi connectivity index (χ2n) is 5.02. The van der Waals surface area contributed by atoms with E-state index < -0.39 is 5.41 Å². The van der Waals surface area contributed by atoms with E-state index >= 15 is 0 Å². The molecular formula is C14H20N2O2. The normalized spacial score (nSPS) is 18.3. The predicted octanol–water partition coefficient (Wildman–Crippen LogP) is 2.24. The van der Waals surface area contributed by atoms with E-state index in [9.17, 15) is 9.90 Å². The molecule has 0 radical (unpaired) electrons. The number of benzene rings is 1. The van der Waals surface area contributed by atoms with Crippen LogP contribution in [-0.2, 0) is 4.79 Å². The van der Waals surface area contributed by atoms with E-state index in [1.54, 1.807) is 24.3 Å². The number of hydrogen-bond acceptors (Lipinski definition) is 3. The third-order valence-electron chi connectivity index (χ3n) is 3.84. The van der Waals surface area contributed by atoms with Crippen molar-refractivity contribution in [3.63, 3.8) is 0 Å². The van der Waals surface area contributed by atoms with E-state index in [4.69, 9.17) is 5.73 Å². The van der Waals surface area contributed by atoms with Gasteiger partial charge < -0.3 is 16.2 Å². The molecule has 4 N–H and O–H groups in total. The second-order valence-corrected chi connectivity index (χ2v) is 5.02. The lowest BCUT2D eigenvalue weighted by atomic mass is 9.73. The maximum atomic E-state index is 12.4. The summed E-state index contributed by atoms with van der Waals surface area (Å²) in [6.45, 7) is 0.367. The average Bonchev–Trinajstić information content (AvgIpc) is 2.42. The number of rotatable bonds is 3. The summed E-state index contributed by atoms with van der Waals surface area (Å²) in [5, 5.41) is 12.5. The van der Waals surface area contributed by atoms with Gasteiger partial charge in [-0.15, -0.1) is 0 Å². The highest BCUT2D eigenvalue weighted by molar-refractivity contribution is 5.96. The van der Waals surface area contributed by atoms with E-state index in [-0.39, 0.29) is 11.7 Å². The number of para-hydroxylation sites is 2. The minimum absolute atomic E-state index is 0.0637. The number of phenols is 1. The molecule has 4 heteroatoms. The van der Waals surface area contributed by atoms with Crippen LogP contribution < -0.4 is 11.1 Å². The first-order valence-electron chi connectivity index (χ1n) is 6.47. The van der Waals surface area contributed by atoms with E-state index in [1.165, 1.54) is 6.42 Å². The van der Waals surface area contributed by atoms with Crippen molar-refractivity contribution in [2.75, 3.05) is 11.9 Å². The first kappa shape index (κ1) is 12.9. The Morgan fingerprint density at radius 2 is 1.94 bits per heavy atom. The molecule has 1 amide bonds. The molecule has 0 aliphatic heterocycles. The molecule has 2 rings (SSSR count). The first-order valence-corrected chi connectivity index (χ1v) is 6.47. The number of amides is 1. The van der Waals surface area contributed by atoms with Gasteiger partial charge in [-0.3, -0.25) is 4.79 Å². The Bertz CT molecular complexity index is 426. The average molecular weight is 248 g/mol. The predicted molar refractivity (Wildman–Crippen MR) is 71.3 cm³/mol. The number of nitrogens with one attached hydrogen (secondary N) is 1. The van der Waals surface area contributed by atoms with Crippen molar-refractivity contribution < 1.29 is 9.90 Å². The highest BCUT2D eigenvalue weighted by Gasteiger charge is 2.38. The Labute approximate surface area is 107 Å². The summed E-state index contributed by atoms with van der Waals surface area (Å²) >= 11 is 0. The van der Waals surface area contributed by atoms with Gasteiger partial charge in [-0.2, -0.15) is 0 Å². The van der Waals surface area contributed by atoms with Gasteiger partial charge in [-0.1, -0.05) is 31.4 Å². The number of nitrogens with two attached hydrogens (primary N) is 1. The zero-order chi connectivity index (χ0) is 13.0. The maximum absolute atomic E-state index is 12.4. The monoisotopic (exact) mass is 248 g/mol. The fraction of sp³-hybridized carbons (Fsp3) is 0.500. The summed E-state index contributed by atoms with van der Waals surface area (Å²) < 4.78 is 0. The molecule has 0 bridgehead atoms. The summed E-state index contributed by atoms with van der Waals surface area (Å²) in [6.07, 6.45) is 4.94. The van der Waals surface area contributed by atoms with Gasteiger partial charge in [-0.05, 0) is 25.0 Å². The number of carbonyl (C=O) groups excluding carboxylic acids is 1. The highest BCUT2D eigenvalue weighted by Crippen LogP contribution is 2.37. The van der Waals surface area contributed by atoms with Crippen molar-refractivity contribution in [1.29, 1.82) is 0 Å². The molecule has 0 spiro atoms. The second kappa shape index (κ2) is 5.40. The minimum atomic E-state index is -0.458. The number of aromatic hydroxyl groups is 1. The molecule has 4 nitrogen and oxygen atoms in total. The van der Waals surface area contributed by atoms with Crippen LogP contribution in [0.15, 0.2) is 24.3 Å². The molecule has 1 fully saturated rings. The molecule has 1 aromatic rings. The number of carbonyl (C=O) groups is 1. The molecule has 0 atom stereocenters. The third-order valence-corrected chi connectivity index (χ3v) is 3.84. The number of hydrogen-bond donors (Lipinski definition) is 3. The Balaban J connectivity index is 2.13. The van der Waals surface area contributed by atoms with Crippen LogP contribution in [-0.4, -0.2) is 17.6 Å². The van der Waals surface area contributed by atoms with Gasteiger partial charge in [0.1, 0.15) is 5.75 Å². The van der Waals surface area contributed by atoms with Gasteiger partial charge in [0.15, 0.2) is 0 Å². The van der Waals surface area contributed by atoms with Crippen molar-refractivity contribution in [3.05, 3.63) is 24.3 Å². The maximum Gasteiger partial charge on any atom is 0.231 e. The van der Waals surface area contributed by atoms with Crippen LogP contribution in [0.2, 0.25) is 0 Å². The zero-order valence-electron chi connectivity index (χ0n) is 10.5. The van der Waals surface area contributed by atoms with Gasteiger partial charge in [0, 0.05) is 6.54 Å². The van der Waals surface area contributed by atoms with Crippen LogP contribution in [0.1, 0.15) is 32.1 Å². The summed E-state index contributed by atoms with van der Waals surface area (Å²) in [5.41, 5.74) is 5.81. The van der Waals surface area contributed by atoms with E-state index in [2.05, 4.69) is 5.32 Å². The fourth-order valence-electron chi connectivity index (χ4n) is 2.59. The molecule has 0 unspecified atom stereocenters. The van der Waals surface area contributed by atoms with Gasteiger partial charge >= 0.3 is 0 Å². The lowest BCUT2D eigenvalue weighted by Crippen LogP contribution is -2.43. The number of anilines is 1. The highest BCUT2D eigenvalue weighted by atomic mass is 16.3. The largest absolute Gasteiger partial charge is 0.506 e. The molecule has 1 saturated carbocycles. The van der Waals surface area contributed by atoms with Crippen LogP contribution in [0.25, 0.3) is 0 Å². The van der Waals surface area contributed by atoms with E-state index in [0.29, 0.717) is 12.2 Å². The molecule has 0 aromatic heterocycles. The standard InChI is InChI=1S/C14H20N2O2/c15-10-14(8-4-1-5-9-14)13(18)16-11-6-2-3-7-12(11)17/h2-3,6-7,17H,1,4-5,8-10,15H2,(H,16,18). The van der Waals surface area contributed by atoms with E-state index in [0.717, 1.165) is 25.7 Å². The van der Waals surface area contributed by atoms with Gasteiger partial charge in [-0.25, -0.2) is 0 Å². The summed E-state index contributed by atoms with van der Waals surface area (Å²) in [5.74, 6) is 0.0278.